The molecule has 2 saturated heterocycles. The highest BCUT2D eigenvalue weighted by Gasteiger charge is 2.36. The van der Waals surface area contributed by atoms with Crippen molar-refractivity contribution < 1.29 is 26.8 Å². The van der Waals surface area contributed by atoms with E-state index >= 15 is 0 Å². The first-order valence-corrected chi connectivity index (χ1v) is 17.0. The monoisotopic (exact) mass is 638 g/mol. The summed E-state index contributed by atoms with van der Waals surface area (Å²) in [7, 11) is -3.79. The number of piperazine rings is 1. The summed E-state index contributed by atoms with van der Waals surface area (Å²) >= 11 is 0. The third-order valence-electron chi connectivity index (χ3n) is 8.50. The topological polar surface area (TPSA) is 98.8 Å². The Balaban J connectivity index is 1.28. The third-order valence-corrected chi connectivity index (χ3v) is 10.4. The zero-order valence-corrected chi connectivity index (χ0v) is 26.2. The minimum absolute atomic E-state index is 0.0565. The maximum atomic E-state index is 14.0. The number of nitrogens with one attached hydrogen (secondary N) is 2. The second-order valence-corrected chi connectivity index (χ2v) is 13.9. The summed E-state index contributed by atoms with van der Waals surface area (Å²) in [6.45, 7) is 3.84. The van der Waals surface area contributed by atoms with Crippen molar-refractivity contribution in [1.29, 1.82) is 0 Å². The summed E-state index contributed by atoms with van der Waals surface area (Å²) in [5, 5.41) is 6.38. The number of nitrogens with zero attached hydrogens (tertiary/aromatic N) is 2. The highest BCUT2D eigenvalue weighted by molar-refractivity contribution is 7.89. The van der Waals surface area contributed by atoms with Crippen LogP contribution in [0.2, 0.25) is 0 Å². The van der Waals surface area contributed by atoms with Gasteiger partial charge in [-0.15, -0.1) is 0 Å². The predicted octanol–water partition coefficient (Wildman–Crippen LogP) is 4.36. The number of halogens is 2. The maximum absolute atomic E-state index is 14.0. The smallest absolute Gasteiger partial charge is 0.243 e. The third kappa shape index (κ3) is 8.33. The first kappa shape index (κ1) is 32.7. The quantitative estimate of drug-likeness (QED) is 0.307. The Morgan fingerprint density at radius 3 is 2.38 bits per heavy atom. The van der Waals surface area contributed by atoms with Gasteiger partial charge in [0.25, 0.3) is 0 Å². The van der Waals surface area contributed by atoms with Crippen molar-refractivity contribution in [1.82, 2.24) is 19.8 Å². The maximum Gasteiger partial charge on any atom is 0.243 e. The molecule has 3 aromatic rings. The molecule has 240 valence electrons. The van der Waals surface area contributed by atoms with Crippen LogP contribution in [-0.2, 0) is 26.0 Å². The lowest BCUT2D eigenvalue weighted by Crippen LogP contribution is -2.55. The average Bonchev–Trinajstić information content (AvgIpc) is 3.40. The number of benzene rings is 3. The summed E-state index contributed by atoms with van der Waals surface area (Å²) < 4.78 is 56.8. The van der Waals surface area contributed by atoms with Gasteiger partial charge >= 0.3 is 0 Å². The molecule has 0 spiro atoms. The molecule has 2 aliphatic heterocycles. The minimum Gasteiger partial charge on any atom is -0.353 e. The van der Waals surface area contributed by atoms with Crippen molar-refractivity contribution in [3.63, 3.8) is 0 Å². The summed E-state index contributed by atoms with van der Waals surface area (Å²) in [4.78, 5) is 27.8. The molecule has 0 radical (unpaired) electrons. The molecule has 2 fully saturated rings. The molecule has 5 rings (SSSR count). The molecule has 11 heteroatoms. The molecule has 2 heterocycles. The number of rotatable bonds is 12. The van der Waals surface area contributed by atoms with Gasteiger partial charge in [0, 0.05) is 57.3 Å². The molecule has 0 aliphatic carbocycles. The minimum atomic E-state index is -3.79. The lowest BCUT2D eigenvalue weighted by Gasteiger charge is -2.35. The van der Waals surface area contributed by atoms with Gasteiger partial charge in [0.15, 0.2) is 0 Å². The van der Waals surface area contributed by atoms with E-state index in [4.69, 9.17) is 0 Å². The van der Waals surface area contributed by atoms with Gasteiger partial charge in [-0.25, -0.2) is 17.2 Å². The fourth-order valence-electron chi connectivity index (χ4n) is 6.15. The van der Waals surface area contributed by atoms with E-state index in [-0.39, 0.29) is 48.7 Å². The second-order valence-electron chi connectivity index (χ2n) is 11.9. The molecule has 0 saturated carbocycles. The van der Waals surface area contributed by atoms with Gasteiger partial charge in [-0.2, -0.15) is 4.31 Å². The molecule has 3 aromatic carbocycles. The van der Waals surface area contributed by atoms with E-state index in [2.05, 4.69) is 10.6 Å². The van der Waals surface area contributed by atoms with Crippen LogP contribution < -0.4 is 10.6 Å². The number of carbonyl (C=O) groups is 2. The van der Waals surface area contributed by atoms with Crippen LogP contribution in [0.3, 0.4) is 0 Å². The van der Waals surface area contributed by atoms with Crippen LogP contribution in [0, 0.1) is 17.6 Å². The van der Waals surface area contributed by atoms with Crippen molar-refractivity contribution >= 4 is 21.8 Å². The lowest BCUT2D eigenvalue weighted by molar-refractivity contribution is -0.129. The fourth-order valence-corrected chi connectivity index (χ4v) is 7.64. The van der Waals surface area contributed by atoms with Gasteiger partial charge < -0.3 is 15.5 Å². The van der Waals surface area contributed by atoms with Crippen molar-refractivity contribution in [2.24, 2.45) is 5.92 Å². The molecule has 0 bridgehead atoms. The average molecular weight is 639 g/mol. The zero-order chi connectivity index (χ0) is 32.0. The molecule has 8 nitrogen and oxygen atoms in total. The SMILES string of the molecule is CCCCN1CC(C(=O)NC(Cc2cc(F)cc(F)c2)C[C@H]2CN(S(=O)(=O)c3ccc(-c4ccccc4)cc3)CCN2)CC1=O. The molecule has 2 aliphatic rings. The van der Waals surface area contributed by atoms with Crippen LogP contribution in [0.15, 0.2) is 77.7 Å². The molecule has 45 heavy (non-hydrogen) atoms. The Kier molecular flexibility index (Phi) is 10.6. The number of sulfonamides is 1. The fraction of sp³-hybridized carbons (Fsp3) is 0.412. The molecule has 2 amide bonds. The molecule has 2 N–H and O–H groups in total. The summed E-state index contributed by atoms with van der Waals surface area (Å²) in [5.74, 6) is -2.29. The molecular weight excluding hydrogens is 598 g/mol. The number of unbranched alkanes of at least 4 members (excludes halogenated alkanes) is 1. The van der Waals surface area contributed by atoms with Crippen LogP contribution in [0.25, 0.3) is 11.1 Å². The lowest BCUT2D eigenvalue weighted by atomic mass is 9.97. The summed E-state index contributed by atoms with van der Waals surface area (Å²) in [5.41, 5.74) is 2.28. The zero-order valence-electron chi connectivity index (χ0n) is 25.4. The first-order valence-electron chi connectivity index (χ1n) is 15.5. The van der Waals surface area contributed by atoms with E-state index in [1.807, 2.05) is 37.3 Å². The molecule has 2 unspecified atom stereocenters. The van der Waals surface area contributed by atoms with Crippen LogP contribution in [0.5, 0.6) is 0 Å². The Morgan fingerprint density at radius 1 is 1.00 bits per heavy atom. The van der Waals surface area contributed by atoms with Crippen LogP contribution >= 0.6 is 0 Å². The first-order chi connectivity index (χ1) is 21.6. The number of likely N-dealkylation sites (tertiary alicyclic amines) is 1. The van der Waals surface area contributed by atoms with E-state index in [0.717, 1.165) is 30.0 Å². The van der Waals surface area contributed by atoms with E-state index in [1.54, 1.807) is 29.2 Å². The van der Waals surface area contributed by atoms with Gasteiger partial charge in [0.05, 0.1) is 10.8 Å². The summed E-state index contributed by atoms with van der Waals surface area (Å²) in [6, 6.07) is 18.9. The number of amides is 2. The van der Waals surface area contributed by atoms with Crippen molar-refractivity contribution in [3.8, 4) is 11.1 Å². The van der Waals surface area contributed by atoms with E-state index in [1.165, 1.54) is 16.4 Å². The predicted molar refractivity (Wildman–Crippen MR) is 169 cm³/mol. The van der Waals surface area contributed by atoms with Gasteiger partial charge in [0.1, 0.15) is 11.6 Å². The van der Waals surface area contributed by atoms with E-state index < -0.39 is 33.6 Å². The highest BCUT2D eigenvalue weighted by atomic mass is 32.2. The van der Waals surface area contributed by atoms with Gasteiger partial charge in [-0.1, -0.05) is 55.8 Å². The van der Waals surface area contributed by atoms with Crippen LogP contribution in [0.4, 0.5) is 8.78 Å². The van der Waals surface area contributed by atoms with E-state index in [9.17, 15) is 26.8 Å². The van der Waals surface area contributed by atoms with Crippen LogP contribution in [-0.4, -0.2) is 74.2 Å². The van der Waals surface area contributed by atoms with Crippen molar-refractivity contribution in [2.75, 3.05) is 32.7 Å². The Morgan fingerprint density at radius 2 is 1.69 bits per heavy atom. The van der Waals surface area contributed by atoms with Gasteiger partial charge in [0.2, 0.25) is 21.8 Å². The number of hydrogen-bond acceptors (Lipinski definition) is 5. The summed E-state index contributed by atoms with van der Waals surface area (Å²) in [6.07, 6.45) is 2.38. The van der Waals surface area contributed by atoms with Crippen molar-refractivity contribution in [2.45, 2.75) is 56.0 Å². The molecular formula is C34H40F2N4O4S. The second kappa shape index (κ2) is 14.6. The highest BCUT2D eigenvalue weighted by Crippen LogP contribution is 2.25. The standard InChI is InChI=1S/C34H40F2N4O4S/c1-2-3-14-39-22-27(19-33(39)41)34(42)38-30(18-24-16-28(35)20-29(36)17-24)21-31-23-40(15-13-37-31)45(43,44)32-11-9-26(10-12-32)25-7-5-4-6-8-25/h4-12,16-17,20,27,30-31,37H,2-3,13-15,18-19,21-23H2,1H3,(H,38,42)/t27?,30?,31-/m0/s1. The molecule has 3 atom stereocenters. The van der Waals surface area contributed by atoms with Crippen molar-refractivity contribution in [3.05, 3.63) is 90.0 Å². The Labute approximate surface area is 263 Å². The normalized spacial score (nSPS) is 19.9. The van der Waals surface area contributed by atoms with Crippen LogP contribution in [0.1, 0.15) is 38.2 Å². The largest absolute Gasteiger partial charge is 0.353 e. The van der Waals surface area contributed by atoms with E-state index in [0.29, 0.717) is 31.6 Å². The number of carbonyl (C=O) groups excluding carboxylic acids is 2. The number of hydrogen-bond donors (Lipinski definition) is 2. The van der Waals surface area contributed by atoms with Gasteiger partial charge in [-0.3, -0.25) is 9.59 Å². The Hall–Kier alpha value is -3.67. The molecule has 0 aromatic heterocycles. The van der Waals surface area contributed by atoms with Gasteiger partial charge in [-0.05, 0) is 60.2 Å². The Bertz CT molecular complexity index is 1570.